The van der Waals surface area contributed by atoms with Crippen molar-refractivity contribution in [1.82, 2.24) is 24.9 Å². The second kappa shape index (κ2) is 5.47. The normalized spacial score (nSPS) is 10.9. The van der Waals surface area contributed by atoms with Crippen molar-refractivity contribution in [2.45, 2.75) is 13.5 Å². The predicted octanol–water partition coefficient (Wildman–Crippen LogP) is 1.64. The molecule has 0 spiro atoms. The zero-order valence-corrected chi connectivity index (χ0v) is 11.5. The lowest BCUT2D eigenvalue weighted by Gasteiger charge is -2.06. The molecule has 0 bridgehead atoms. The third kappa shape index (κ3) is 2.62. The Morgan fingerprint density at radius 1 is 1.27 bits per heavy atom. The molecular formula is C14H11F2N5O. The molecule has 112 valence electrons. The highest BCUT2D eigenvalue weighted by Crippen LogP contribution is 2.09. The number of carbonyl (C=O) groups excluding carboxylic acids is 1. The van der Waals surface area contributed by atoms with Crippen LogP contribution in [-0.2, 0) is 6.54 Å². The number of aryl methyl sites for hydroxylation is 1. The summed E-state index contributed by atoms with van der Waals surface area (Å²) in [6.45, 7) is 1.84. The first kappa shape index (κ1) is 14.1. The summed E-state index contributed by atoms with van der Waals surface area (Å²) in [5, 5.41) is 6.56. The number of carbonyl (C=O) groups is 1. The second-order valence-corrected chi connectivity index (χ2v) is 4.69. The van der Waals surface area contributed by atoms with Crippen molar-refractivity contribution in [2.24, 2.45) is 0 Å². The van der Waals surface area contributed by atoms with Crippen molar-refractivity contribution in [1.29, 1.82) is 0 Å². The zero-order chi connectivity index (χ0) is 15.7. The lowest BCUT2D eigenvalue weighted by atomic mass is 10.2. The number of halogens is 2. The van der Waals surface area contributed by atoms with Gasteiger partial charge >= 0.3 is 0 Å². The molecular weight excluding hydrogens is 292 g/mol. The van der Waals surface area contributed by atoms with Crippen LogP contribution in [0, 0.1) is 18.6 Å². The average molecular weight is 303 g/mol. The molecule has 0 saturated carbocycles. The van der Waals surface area contributed by atoms with Crippen molar-refractivity contribution >= 4 is 11.7 Å². The molecule has 3 aromatic rings. The van der Waals surface area contributed by atoms with Gasteiger partial charge in [0.25, 0.3) is 11.7 Å². The van der Waals surface area contributed by atoms with Gasteiger partial charge in [-0.1, -0.05) is 6.07 Å². The number of hydrogen-bond donors (Lipinski definition) is 1. The van der Waals surface area contributed by atoms with Crippen LogP contribution < -0.4 is 5.32 Å². The molecule has 6 nitrogen and oxygen atoms in total. The van der Waals surface area contributed by atoms with E-state index in [1.165, 1.54) is 16.9 Å². The number of amides is 1. The van der Waals surface area contributed by atoms with Crippen LogP contribution in [0.25, 0.3) is 5.78 Å². The van der Waals surface area contributed by atoms with E-state index in [0.29, 0.717) is 17.0 Å². The minimum Gasteiger partial charge on any atom is -0.347 e. The molecule has 1 amide bonds. The molecule has 2 heterocycles. The van der Waals surface area contributed by atoms with Crippen LogP contribution in [0.1, 0.15) is 21.7 Å². The maximum atomic E-state index is 13.1. The van der Waals surface area contributed by atoms with E-state index in [-0.39, 0.29) is 12.2 Å². The van der Waals surface area contributed by atoms with Gasteiger partial charge in [-0.05, 0) is 30.7 Å². The van der Waals surface area contributed by atoms with E-state index < -0.39 is 17.5 Å². The van der Waals surface area contributed by atoms with E-state index in [9.17, 15) is 13.6 Å². The maximum Gasteiger partial charge on any atom is 0.270 e. The van der Waals surface area contributed by atoms with Crippen molar-refractivity contribution in [3.05, 3.63) is 59.2 Å². The van der Waals surface area contributed by atoms with E-state index in [0.717, 1.165) is 12.1 Å². The first-order valence-corrected chi connectivity index (χ1v) is 6.44. The topological polar surface area (TPSA) is 72.2 Å². The Balaban J connectivity index is 1.76. The highest BCUT2D eigenvalue weighted by Gasteiger charge is 2.12. The smallest absolute Gasteiger partial charge is 0.270 e. The molecule has 0 fully saturated rings. The van der Waals surface area contributed by atoms with Gasteiger partial charge in [-0.2, -0.15) is 10.1 Å². The maximum absolute atomic E-state index is 13.1. The fourth-order valence-corrected chi connectivity index (χ4v) is 2.00. The average Bonchev–Trinajstić information content (AvgIpc) is 2.97. The van der Waals surface area contributed by atoms with Gasteiger partial charge in [0.05, 0.1) is 0 Å². The summed E-state index contributed by atoms with van der Waals surface area (Å²) >= 11 is 0. The molecule has 1 N–H and O–H groups in total. The van der Waals surface area contributed by atoms with Crippen LogP contribution in [-0.4, -0.2) is 25.5 Å². The molecule has 0 saturated heterocycles. The first-order valence-electron chi connectivity index (χ1n) is 6.44. The van der Waals surface area contributed by atoms with Crippen molar-refractivity contribution < 1.29 is 13.6 Å². The van der Waals surface area contributed by atoms with E-state index in [4.69, 9.17) is 0 Å². The number of nitrogens with one attached hydrogen (secondary N) is 1. The Kier molecular flexibility index (Phi) is 3.50. The number of rotatable bonds is 3. The monoisotopic (exact) mass is 303 g/mol. The molecule has 1 aromatic carbocycles. The summed E-state index contributed by atoms with van der Waals surface area (Å²) in [6.07, 6.45) is 1.35. The summed E-state index contributed by atoms with van der Waals surface area (Å²) in [7, 11) is 0. The molecule has 8 heteroatoms. The summed E-state index contributed by atoms with van der Waals surface area (Å²) in [5.74, 6) is -1.99. The van der Waals surface area contributed by atoms with Crippen LogP contribution in [0.3, 0.4) is 0 Å². The molecule has 0 aliphatic carbocycles. The lowest BCUT2D eigenvalue weighted by molar-refractivity contribution is 0.0946. The van der Waals surface area contributed by atoms with Crippen LogP contribution in [0.4, 0.5) is 8.78 Å². The summed E-state index contributed by atoms with van der Waals surface area (Å²) in [5.41, 5.74) is 1.34. The van der Waals surface area contributed by atoms with E-state index >= 15 is 0 Å². The van der Waals surface area contributed by atoms with Gasteiger partial charge in [0.1, 0.15) is 12.0 Å². The Morgan fingerprint density at radius 2 is 2.09 bits per heavy atom. The third-order valence-electron chi connectivity index (χ3n) is 3.10. The van der Waals surface area contributed by atoms with Crippen LogP contribution >= 0.6 is 0 Å². The molecule has 0 aliphatic rings. The van der Waals surface area contributed by atoms with Crippen LogP contribution in [0.15, 0.2) is 30.6 Å². The summed E-state index contributed by atoms with van der Waals surface area (Å²) in [6, 6.07) is 5.03. The predicted molar refractivity (Wildman–Crippen MR) is 73.0 cm³/mol. The number of nitrogens with zero attached hydrogens (tertiary/aromatic N) is 4. The van der Waals surface area contributed by atoms with E-state index in [2.05, 4.69) is 20.4 Å². The number of fused-ring (bicyclic) bond motifs is 1. The number of aromatic nitrogens is 4. The molecule has 0 atom stereocenters. The standard InChI is InChI=1S/C14H11F2N5O/c1-8-4-12(20-14-18-7-19-21(8)14)13(22)17-6-9-2-3-10(15)11(16)5-9/h2-5,7H,6H2,1H3,(H,17,22). The first-order chi connectivity index (χ1) is 10.5. The number of benzene rings is 1. The van der Waals surface area contributed by atoms with Gasteiger partial charge in [0, 0.05) is 12.2 Å². The quantitative estimate of drug-likeness (QED) is 0.798. The van der Waals surface area contributed by atoms with Gasteiger partial charge in [-0.25, -0.2) is 18.3 Å². The van der Waals surface area contributed by atoms with E-state index in [1.54, 1.807) is 13.0 Å². The molecule has 0 unspecified atom stereocenters. The highest BCUT2D eigenvalue weighted by atomic mass is 19.2. The van der Waals surface area contributed by atoms with Crippen molar-refractivity contribution in [3.8, 4) is 0 Å². The zero-order valence-electron chi connectivity index (χ0n) is 11.5. The molecule has 2 aromatic heterocycles. The Labute approximate surface area is 123 Å². The SMILES string of the molecule is Cc1cc(C(=O)NCc2ccc(F)c(F)c2)nc2ncnn12. The Bertz CT molecular complexity index is 862. The van der Waals surface area contributed by atoms with Gasteiger partial charge in [0.2, 0.25) is 0 Å². The minimum atomic E-state index is -0.953. The van der Waals surface area contributed by atoms with Crippen LogP contribution in [0.5, 0.6) is 0 Å². The lowest BCUT2D eigenvalue weighted by Crippen LogP contribution is -2.24. The molecule has 3 rings (SSSR count). The minimum absolute atomic E-state index is 0.0641. The highest BCUT2D eigenvalue weighted by molar-refractivity contribution is 5.92. The number of hydrogen-bond acceptors (Lipinski definition) is 4. The summed E-state index contributed by atoms with van der Waals surface area (Å²) in [4.78, 5) is 20.1. The van der Waals surface area contributed by atoms with Crippen molar-refractivity contribution in [3.63, 3.8) is 0 Å². The fraction of sp³-hybridized carbons (Fsp3) is 0.143. The Hall–Kier alpha value is -2.90. The summed E-state index contributed by atoms with van der Waals surface area (Å²) < 4.78 is 27.4. The Morgan fingerprint density at radius 3 is 2.86 bits per heavy atom. The third-order valence-corrected chi connectivity index (χ3v) is 3.10. The fourth-order valence-electron chi connectivity index (χ4n) is 2.00. The molecule has 0 aliphatic heterocycles. The van der Waals surface area contributed by atoms with E-state index in [1.807, 2.05) is 0 Å². The van der Waals surface area contributed by atoms with Gasteiger partial charge in [-0.3, -0.25) is 4.79 Å². The second-order valence-electron chi connectivity index (χ2n) is 4.69. The van der Waals surface area contributed by atoms with Gasteiger partial charge in [0.15, 0.2) is 11.6 Å². The molecule has 0 radical (unpaired) electrons. The largest absolute Gasteiger partial charge is 0.347 e. The van der Waals surface area contributed by atoms with Gasteiger partial charge < -0.3 is 5.32 Å². The van der Waals surface area contributed by atoms with Gasteiger partial charge in [-0.15, -0.1) is 0 Å². The molecule has 22 heavy (non-hydrogen) atoms. The van der Waals surface area contributed by atoms with Crippen LogP contribution in [0.2, 0.25) is 0 Å². The van der Waals surface area contributed by atoms with Crippen molar-refractivity contribution in [2.75, 3.05) is 0 Å².